The van der Waals surface area contributed by atoms with Crippen LogP contribution in [0.3, 0.4) is 0 Å². The maximum Gasteiger partial charge on any atom is 0.191 e. The van der Waals surface area contributed by atoms with E-state index >= 15 is 0 Å². The molecular weight excluding hydrogens is 457 g/mol. The molecule has 2 saturated heterocycles. The molecule has 0 saturated carbocycles. The Morgan fingerprint density at radius 1 is 1.22 bits per heavy atom. The third kappa shape index (κ3) is 4.99. The smallest absolute Gasteiger partial charge is 0.191 e. The first kappa shape index (κ1) is 22.1. The second kappa shape index (κ2) is 9.32. The Kier molecular flexibility index (Phi) is 7.62. The van der Waals surface area contributed by atoms with Crippen molar-refractivity contribution in [2.75, 3.05) is 27.8 Å². The van der Waals surface area contributed by atoms with Crippen LogP contribution in [0.25, 0.3) is 0 Å². The Hall–Kier alpha value is -1.22. The van der Waals surface area contributed by atoms with E-state index in [2.05, 4.69) is 35.5 Å². The van der Waals surface area contributed by atoms with Gasteiger partial charge in [-0.15, -0.1) is 24.0 Å². The van der Waals surface area contributed by atoms with Crippen LogP contribution in [0.2, 0.25) is 0 Å². The van der Waals surface area contributed by atoms with Gasteiger partial charge in [-0.25, -0.2) is 0 Å². The van der Waals surface area contributed by atoms with Crippen molar-refractivity contribution in [3.63, 3.8) is 0 Å². The van der Waals surface area contributed by atoms with E-state index < -0.39 is 0 Å². The number of halogens is 1. The number of methoxy groups -OCH3 is 2. The van der Waals surface area contributed by atoms with E-state index in [1.165, 1.54) is 12.0 Å². The van der Waals surface area contributed by atoms with Gasteiger partial charge in [0.25, 0.3) is 0 Å². The van der Waals surface area contributed by atoms with Gasteiger partial charge in [0.2, 0.25) is 0 Å². The van der Waals surface area contributed by atoms with Crippen molar-refractivity contribution in [2.24, 2.45) is 4.99 Å². The molecular formula is C20H32IN3O3. The number of fused-ring (bicyclic) bond motifs is 2. The summed E-state index contributed by atoms with van der Waals surface area (Å²) in [6.07, 6.45) is 4.18. The standard InChI is InChI=1S/C20H31N3O3.HI/c1-20(2,13-6-8-17(24-4)18(10-13)25-5)12-22-19(21-3)23-15-11-14-7-9-16(15)26-14;/h6,8,10,14-16H,7,9,11-12H2,1-5H3,(H2,21,22,23);1H. The lowest BCUT2D eigenvalue weighted by Crippen LogP contribution is -2.49. The summed E-state index contributed by atoms with van der Waals surface area (Å²) in [6.45, 7) is 5.16. The molecule has 6 nitrogen and oxygen atoms in total. The lowest BCUT2D eigenvalue weighted by Gasteiger charge is -2.29. The number of hydrogen-bond donors (Lipinski definition) is 2. The van der Waals surface area contributed by atoms with Gasteiger partial charge in [-0.2, -0.15) is 0 Å². The second-order valence-electron chi connectivity index (χ2n) is 7.74. The first-order chi connectivity index (χ1) is 12.5. The van der Waals surface area contributed by atoms with Crippen molar-refractivity contribution in [3.8, 4) is 11.5 Å². The topological polar surface area (TPSA) is 64.1 Å². The van der Waals surface area contributed by atoms with Crippen LogP contribution in [0, 0.1) is 0 Å². The third-order valence-corrected chi connectivity index (χ3v) is 5.51. The van der Waals surface area contributed by atoms with Gasteiger partial charge in [-0.1, -0.05) is 19.9 Å². The van der Waals surface area contributed by atoms with Crippen LogP contribution in [0.5, 0.6) is 11.5 Å². The largest absolute Gasteiger partial charge is 0.493 e. The Balaban J connectivity index is 0.00000261. The number of ether oxygens (including phenoxy) is 3. The SMILES string of the molecule is CN=C(NCC(C)(C)c1ccc(OC)c(OC)c1)NC1CC2CCC1O2.I. The first-order valence-corrected chi connectivity index (χ1v) is 9.32. The average molecular weight is 489 g/mol. The highest BCUT2D eigenvalue weighted by molar-refractivity contribution is 14.0. The molecule has 3 unspecified atom stereocenters. The molecule has 0 amide bonds. The number of rotatable bonds is 6. The van der Waals surface area contributed by atoms with E-state index in [-0.39, 0.29) is 29.4 Å². The van der Waals surface area contributed by atoms with E-state index in [4.69, 9.17) is 14.2 Å². The van der Waals surface area contributed by atoms with Gasteiger partial charge in [-0.05, 0) is 37.0 Å². The molecule has 0 spiro atoms. The molecule has 1 aromatic rings. The fourth-order valence-electron chi connectivity index (χ4n) is 3.82. The van der Waals surface area contributed by atoms with Gasteiger partial charge in [0, 0.05) is 19.0 Å². The van der Waals surface area contributed by atoms with Gasteiger partial charge in [0.15, 0.2) is 17.5 Å². The van der Waals surface area contributed by atoms with Gasteiger partial charge in [0.1, 0.15) is 0 Å². The summed E-state index contributed by atoms with van der Waals surface area (Å²) in [5.41, 5.74) is 1.09. The molecule has 2 aliphatic rings. The minimum Gasteiger partial charge on any atom is -0.493 e. The van der Waals surface area contributed by atoms with Crippen LogP contribution in [0.4, 0.5) is 0 Å². The van der Waals surface area contributed by atoms with Crippen LogP contribution in [0.15, 0.2) is 23.2 Å². The normalized spacial score (nSPS) is 24.3. The zero-order valence-electron chi connectivity index (χ0n) is 16.9. The zero-order chi connectivity index (χ0) is 18.7. The van der Waals surface area contributed by atoms with E-state index in [9.17, 15) is 0 Å². The van der Waals surface area contributed by atoms with Crippen molar-refractivity contribution < 1.29 is 14.2 Å². The molecule has 0 aromatic heterocycles. The van der Waals surface area contributed by atoms with Gasteiger partial charge >= 0.3 is 0 Å². The van der Waals surface area contributed by atoms with Crippen LogP contribution in [-0.2, 0) is 10.2 Å². The Labute approximate surface area is 179 Å². The number of nitrogens with zero attached hydrogens (tertiary/aromatic N) is 1. The lowest BCUT2D eigenvalue weighted by molar-refractivity contribution is 0.0992. The first-order valence-electron chi connectivity index (χ1n) is 9.32. The Morgan fingerprint density at radius 3 is 2.52 bits per heavy atom. The van der Waals surface area contributed by atoms with E-state index in [0.717, 1.165) is 36.8 Å². The summed E-state index contributed by atoms with van der Waals surface area (Å²) in [5.74, 6) is 2.33. The van der Waals surface area contributed by atoms with Crippen LogP contribution in [0.1, 0.15) is 38.7 Å². The molecule has 2 heterocycles. The summed E-state index contributed by atoms with van der Waals surface area (Å²) in [5, 5.41) is 7.00. The quantitative estimate of drug-likeness (QED) is 0.366. The molecule has 27 heavy (non-hydrogen) atoms. The molecule has 3 rings (SSSR count). The maximum atomic E-state index is 5.92. The number of guanidine groups is 1. The highest BCUT2D eigenvalue weighted by Gasteiger charge is 2.41. The molecule has 2 aliphatic heterocycles. The highest BCUT2D eigenvalue weighted by Crippen LogP contribution is 2.35. The minimum atomic E-state index is -0.0949. The van der Waals surface area contributed by atoms with E-state index in [0.29, 0.717) is 18.2 Å². The zero-order valence-corrected chi connectivity index (χ0v) is 19.2. The summed E-state index contributed by atoms with van der Waals surface area (Å²) >= 11 is 0. The van der Waals surface area contributed by atoms with E-state index in [1.807, 2.05) is 19.2 Å². The minimum absolute atomic E-state index is 0. The molecule has 1 aromatic carbocycles. The van der Waals surface area contributed by atoms with Crippen molar-refractivity contribution in [1.82, 2.24) is 10.6 Å². The molecule has 0 radical (unpaired) electrons. The van der Waals surface area contributed by atoms with Crippen molar-refractivity contribution in [2.45, 2.75) is 56.8 Å². The Morgan fingerprint density at radius 2 is 1.96 bits per heavy atom. The van der Waals surface area contributed by atoms with Crippen molar-refractivity contribution in [3.05, 3.63) is 23.8 Å². The third-order valence-electron chi connectivity index (χ3n) is 5.51. The average Bonchev–Trinajstić information content (AvgIpc) is 3.27. The van der Waals surface area contributed by atoms with Gasteiger partial charge in [0.05, 0.1) is 32.5 Å². The molecule has 2 fully saturated rings. The predicted molar refractivity (Wildman–Crippen MR) is 119 cm³/mol. The lowest BCUT2D eigenvalue weighted by atomic mass is 9.84. The summed E-state index contributed by atoms with van der Waals surface area (Å²) in [7, 11) is 5.13. The van der Waals surface area contributed by atoms with Gasteiger partial charge in [-0.3, -0.25) is 4.99 Å². The van der Waals surface area contributed by atoms with Gasteiger partial charge < -0.3 is 24.8 Å². The number of aliphatic imine (C=N–C) groups is 1. The summed E-state index contributed by atoms with van der Waals surface area (Å²) in [4.78, 5) is 4.39. The molecule has 3 atom stereocenters. The monoisotopic (exact) mass is 489 g/mol. The molecule has 2 N–H and O–H groups in total. The highest BCUT2D eigenvalue weighted by atomic mass is 127. The summed E-state index contributed by atoms with van der Waals surface area (Å²) in [6, 6.07) is 6.45. The Bertz CT molecular complexity index is 666. The predicted octanol–water partition coefficient (Wildman–Crippen LogP) is 3.08. The van der Waals surface area contributed by atoms with Crippen LogP contribution < -0.4 is 20.1 Å². The molecule has 7 heteroatoms. The number of benzene rings is 1. The molecule has 2 bridgehead atoms. The second-order valence-corrected chi connectivity index (χ2v) is 7.74. The fraction of sp³-hybridized carbons (Fsp3) is 0.650. The van der Waals surface area contributed by atoms with Crippen molar-refractivity contribution in [1.29, 1.82) is 0 Å². The molecule has 0 aliphatic carbocycles. The van der Waals surface area contributed by atoms with Crippen LogP contribution >= 0.6 is 24.0 Å². The van der Waals surface area contributed by atoms with Crippen molar-refractivity contribution >= 4 is 29.9 Å². The number of nitrogens with one attached hydrogen (secondary N) is 2. The van der Waals surface area contributed by atoms with Crippen LogP contribution in [-0.4, -0.2) is 52.0 Å². The molecule has 152 valence electrons. The summed E-state index contributed by atoms with van der Waals surface area (Å²) < 4.78 is 16.7. The number of hydrogen-bond acceptors (Lipinski definition) is 4. The van der Waals surface area contributed by atoms with E-state index in [1.54, 1.807) is 14.2 Å². The maximum absolute atomic E-state index is 5.92. The fourth-order valence-corrected chi connectivity index (χ4v) is 3.82.